The summed E-state index contributed by atoms with van der Waals surface area (Å²) in [5, 5.41) is 4.75. The number of carbonyl (C=O) groups is 1. The van der Waals surface area contributed by atoms with E-state index in [1.807, 2.05) is 19.1 Å². The third kappa shape index (κ3) is 2.61. The molecule has 3 heterocycles. The van der Waals surface area contributed by atoms with Crippen molar-refractivity contribution in [1.82, 2.24) is 14.9 Å². The average molecular weight is 340 g/mol. The van der Waals surface area contributed by atoms with Crippen LogP contribution in [0.15, 0.2) is 18.2 Å². The average Bonchev–Trinajstić information content (AvgIpc) is 3.08. The topological polar surface area (TPSA) is 61.0 Å². The zero-order valence-electron chi connectivity index (χ0n) is 14.1. The number of thiazole rings is 1. The molecular formula is C18H20N4OS. The molecule has 2 N–H and O–H groups in total. The fourth-order valence-corrected chi connectivity index (χ4v) is 4.29. The first-order valence-corrected chi connectivity index (χ1v) is 8.90. The molecule has 4 rings (SSSR count). The summed E-state index contributed by atoms with van der Waals surface area (Å²) in [6.45, 7) is 5.97. The number of rotatable bonds is 2. The minimum Gasteiger partial charge on any atom is -0.350 e. The molecule has 0 atom stereocenters. The van der Waals surface area contributed by atoms with Crippen LogP contribution in [0, 0.1) is 13.8 Å². The van der Waals surface area contributed by atoms with Crippen LogP contribution in [0.25, 0.3) is 10.9 Å². The van der Waals surface area contributed by atoms with E-state index < -0.39 is 0 Å². The van der Waals surface area contributed by atoms with E-state index >= 15 is 0 Å². The van der Waals surface area contributed by atoms with Gasteiger partial charge in [0.2, 0.25) is 0 Å². The number of anilines is 1. The van der Waals surface area contributed by atoms with Crippen LogP contribution in [0.3, 0.4) is 0 Å². The minimum atomic E-state index is -0.124. The van der Waals surface area contributed by atoms with Gasteiger partial charge in [0, 0.05) is 35.3 Å². The Morgan fingerprint density at radius 3 is 3.04 bits per heavy atom. The van der Waals surface area contributed by atoms with E-state index in [2.05, 4.69) is 40.2 Å². The van der Waals surface area contributed by atoms with Gasteiger partial charge in [-0.15, -0.1) is 11.3 Å². The largest absolute Gasteiger partial charge is 0.350 e. The smallest absolute Gasteiger partial charge is 0.274 e. The molecule has 0 bridgehead atoms. The Labute approximate surface area is 144 Å². The zero-order valence-corrected chi connectivity index (χ0v) is 14.9. The van der Waals surface area contributed by atoms with E-state index in [1.165, 1.54) is 10.4 Å². The Kier molecular flexibility index (Phi) is 3.66. The van der Waals surface area contributed by atoms with Crippen molar-refractivity contribution in [1.29, 1.82) is 0 Å². The molecule has 6 heteroatoms. The first-order chi connectivity index (χ1) is 11.5. The van der Waals surface area contributed by atoms with E-state index in [9.17, 15) is 4.79 Å². The summed E-state index contributed by atoms with van der Waals surface area (Å²) in [5.41, 5.74) is 4.89. The van der Waals surface area contributed by atoms with Crippen LogP contribution in [0.1, 0.15) is 32.2 Å². The summed E-state index contributed by atoms with van der Waals surface area (Å²) in [6, 6.07) is 6.17. The van der Waals surface area contributed by atoms with Crippen LogP contribution < -0.4 is 5.32 Å². The zero-order chi connectivity index (χ0) is 16.8. The second-order valence-electron chi connectivity index (χ2n) is 6.50. The molecule has 0 aliphatic carbocycles. The fourth-order valence-electron chi connectivity index (χ4n) is 3.20. The minimum absolute atomic E-state index is 0.124. The van der Waals surface area contributed by atoms with Crippen LogP contribution in [0.4, 0.5) is 5.13 Å². The summed E-state index contributed by atoms with van der Waals surface area (Å²) < 4.78 is 0. The molecule has 1 aliphatic heterocycles. The molecule has 24 heavy (non-hydrogen) atoms. The quantitative estimate of drug-likeness (QED) is 0.751. The van der Waals surface area contributed by atoms with Crippen molar-refractivity contribution >= 4 is 33.3 Å². The molecular weight excluding hydrogens is 320 g/mol. The van der Waals surface area contributed by atoms with Gasteiger partial charge in [-0.2, -0.15) is 0 Å². The number of nitrogens with zero attached hydrogens (tertiary/aromatic N) is 2. The molecule has 5 nitrogen and oxygen atoms in total. The van der Waals surface area contributed by atoms with Gasteiger partial charge in [0.25, 0.3) is 5.91 Å². The number of nitrogens with one attached hydrogen (secondary N) is 2. The number of aromatic amines is 1. The van der Waals surface area contributed by atoms with Crippen LogP contribution in [0.2, 0.25) is 0 Å². The number of aryl methyl sites for hydroxylation is 2. The molecule has 3 aromatic rings. The maximum Gasteiger partial charge on any atom is 0.274 e. The lowest BCUT2D eigenvalue weighted by molar-refractivity contribution is 0.102. The van der Waals surface area contributed by atoms with E-state index in [-0.39, 0.29) is 5.91 Å². The molecule has 2 aromatic heterocycles. The van der Waals surface area contributed by atoms with Crippen LogP contribution in [-0.4, -0.2) is 34.4 Å². The number of fused-ring (bicyclic) bond motifs is 2. The second kappa shape index (κ2) is 5.72. The van der Waals surface area contributed by atoms with Crippen molar-refractivity contribution in [2.24, 2.45) is 0 Å². The molecule has 124 valence electrons. The highest BCUT2D eigenvalue weighted by Crippen LogP contribution is 2.29. The van der Waals surface area contributed by atoms with Crippen molar-refractivity contribution in [3.8, 4) is 0 Å². The van der Waals surface area contributed by atoms with Crippen LogP contribution in [0.5, 0.6) is 0 Å². The molecule has 0 unspecified atom stereocenters. The van der Waals surface area contributed by atoms with E-state index in [1.54, 1.807) is 11.3 Å². The number of amides is 1. The Morgan fingerprint density at radius 2 is 2.21 bits per heavy atom. The number of hydrogen-bond acceptors (Lipinski definition) is 4. The first kappa shape index (κ1) is 15.4. The Bertz CT molecular complexity index is 940. The lowest BCUT2D eigenvalue weighted by Gasteiger charge is -2.20. The number of likely N-dealkylation sites (N-methyl/N-ethyl adjacent to an activating group) is 1. The van der Waals surface area contributed by atoms with Crippen molar-refractivity contribution in [2.75, 3.05) is 18.9 Å². The third-order valence-corrected chi connectivity index (χ3v) is 5.58. The maximum atomic E-state index is 12.7. The molecule has 1 amide bonds. The Hall–Kier alpha value is -2.18. The van der Waals surface area contributed by atoms with Gasteiger partial charge in [0.1, 0.15) is 5.69 Å². The standard InChI is InChI=1S/C18H20N4OS/c1-10-4-5-13-12(8-10)11(2)16(19-13)17(23)21-18-20-14-6-7-22(3)9-15(14)24-18/h4-5,8,19H,6-7,9H2,1-3H3,(H,20,21,23). The number of carbonyl (C=O) groups excluding carboxylic acids is 1. The highest BCUT2D eigenvalue weighted by molar-refractivity contribution is 7.15. The van der Waals surface area contributed by atoms with Crippen molar-refractivity contribution in [3.05, 3.63) is 45.6 Å². The summed E-state index contributed by atoms with van der Waals surface area (Å²) in [5.74, 6) is -0.124. The summed E-state index contributed by atoms with van der Waals surface area (Å²) in [7, 11) is 2.11. The number of hydrogen-bond donors (Lipinski definition) is 2. The van der Waals surface area contributed by atoms with Gasteiger partial charge in [-0.25, -0.2) is 4.98 Å². The normalized spacial score (nSPS) is 14.8. The van der Waals surface area contributed by atoms with Crippen molar-refractivity contribution in [2.45, 2.75) is 26.8 Å². The molecule has 0 radical (unpaired) electrons. The monoisotopic (exact) mass is 340 g/mol. The van der Waals surface area contributed by atoms with E-state index in [4.69, 9.17) is 0 Å². The Morgan fingerprint density at radius 1 is 1.38 bits per heavy atom. The van der Waals surface area contributed by atoms with E-state index in [0.717, 1.165) is 41.7 Å². The molecule has 0 fully saturated rings. The predicted molar refractivity (Wildman–Crippen MR) is 97.9 cm³/mol. The Balaban J connectivity index is 1.62. The molecule has 0 spiro atoms. The molecule has 0 saturated heterocycles. The van der Waals surface area contributed by atoms with Gasteiger partial charge < -0.3 is 9.88 Å². The number of H-pyrrole nitrogens is 1. The van der Waals surface area contributed by atoms with Gasteiger partial charge in [0.15, 0.2) is 5.13 Å². The van der Waals surface area contributed by atoms with Gasteiger partial charge >= 0.3 is 0 Å². The van der Waals surface area contributed by atoms with Crippen molar-refractivity contribution in [3.63, 3.8) is 0 Å². The number of benzene rings is 1. The van der Waals surface area contributed by atoms with Crippen LogP contribution >= 0.6 is 11.3 Å². The van der Waals surface area contributed by atoms with Crippen LogP contribution in [-0.2, 0) is 13.0 Å². The highest BCUT2D eigenvalue weighted by atomic mass is 32.1. The lowest BCUT2D eigenvalue weighted by Crippen LogP contribution is -2.25. The highest BCUT2D eigenvalue weighted by Gasteiger charge is 2.21. The predicted octanol–water partition coefficient (Wildman–Crippen LogP) is 3.48. The third-order valence-electron chi connectivity index (χ3n) is 4.58. The molecule has 1 aliphatic rings. The van der Waals surface area contributed by atoms with Gasteiger partial charge in [-0.1, -0.05) is 11.6 Å². The summed E-state index contributed by atoms with van der Waals surface area (Å²) in [6.07, 6.45) is 0.947. The van der Waals surface area contributed by atoms with Crippen molar-refractivity contribution < 1.29 is 4.79 Å². The number of aromatic nitrogens is 2. The van der Waals surface area contributed by atoms with E-state index in [0.29, 0.717) is 10.8 Å². The van der Waals surface area contributed by atoms with Gasteiger partial charge in [-0.3, -0.25) is 10.1 Å². The molecule has 0 saturated carbocycles. The van der Waals surface area contributed by atoms with Gasteiger partial charge in [-0.05, 0) is 38.6 Å². The summed E-state index contributed by atoms with van der Waals surface area (Å²) in [4.78, 5) is 24.0. The fraction of sp³-hybridized carbons (Fsp3) is 0.333. The molecule has 1 aromatic carbocycles. The maximum absolute atomic E-state index is 12.7. The van der Waals surface area contributed by atoms with Gasteiger partial charge in [0.05, 0.1) is 5.69 Å². The lowest BCUT2D eigenvalue weighted by atomic mass is 10.1. The second-order valence-corrected chi connectivity index (χ2v) is 7.59. The summed E-state index contributed by atoms with van der Waals surface area (Å²) >= 11 is 1.58. The first-order valence-electron chi connectivity index (χ1n) is 8.08. The SMILES string of the molecule is Cc1ccc2[nH]c(C(=O)Nc3nc4c(s3)CN(C)CC4)c(C)c2c1.